The molecule has 1 aliphatic carbocycles. The molecule has 1 fully saturated rings. The number of pyridine rings is 1. The van der Waals surface area contributed by atoms with Gasteiger partial charge >= 0.3 is 0 Å². The Balaban J connectivity index is 1.58. The van der Waals surface area contributed by atoms with Crippen molar-refractivity contribution in [2.75, 3.05) is 16.8 Å². The van der Waals surface area contributed by atoms with Crippen molar-refractivity contribution in [3.63, 3.8) is 0 Å². The molecule has 0 aromatic carbocycles. The van der Waals surface area contributed by atoms with Gasteiger partial charge in [0.25, 0.3) is 11.5 Å². The number of aryl methyl sites for hydroxylation is 1. The third-order valence-electron chi connectivity index (χ3n) is 5.60. The molecule has 0 spiro atoms. The number of nitrogens with one attached hydrogen (secondary N) is 3. The van der Waals surface area contributed by atoms with Crippen LogP contribution >= 0.6 is 0 Å². The molecule has 0 radical (unpaired) electrons. The van der Waals surface area contributed by atoms with Gasteiger partial charge in [0.15, 0.2) is 5.82 Å². The zero-order valence-corrected chi connectivity index (χ0v) is 17.1. The lowest BCUT2D eigenvalue weighted by molar-refractivity contribution is -0.119. The Bertz CT molecular complexity index is 1190. The van der Waals surface area contributed by atoms with Crippen LogP contribution in [0, 0.1) is 5.95 Å². The first-order chi connectivity index (χ1) is 15.6. The number of halogens is 1. The highest BCUT2D eigenvalue weighted by Gasteiger charge is 2.32. The lowest BCUT2D eigenvalue weighted by atomic mass is 10.2. The van der Waals surface area contributed by atoms with Crippen molar-refractivity contribution < 1.29 is 9.18 Å². The molecular formula is C21H21FN8O2. The zero-order valence-electron chi connectivity index (χ0n) is 17.1. The van der Waals surface area contributed by atoms with Crippen LogP contribution in [0.25, 0.3) is 0 Å². The molecule has 5 rings (SSSR count). The molecule has 1 unspecified atom stereocenters. The molecule has 1 saturated heterocycles. The first kappa shape index (κ1) is 20.2. The molecule has 1 amide bonds. The van der Waals surface area contributed by atoms with Crippen molar-refractivity contribution in [2.24, 2.45) is 0 Å². The van der Waals surface area contributed by atoms with Crippen LogP contribution in [0.1, 0.15) is 30.5 Å². The highest BCUT2D eigenvalue weighted by Crippen LogP contribution is 2.32. The van der Waals surface area contributed by atoms with E-state index in [1.165, 1.54) is 29.3 Å². The predicted molar refractivity (Wildman–Crippen MR) is 115 cm³/mol. The molecule has 3 aromatic rings. The minimum atomic E-state index is -0.637. The highest BCUT2D eigenvalue weighted by molar-refractivity contribution is 6.02. The molecular weight excluding hydrogens is 415 g/mol. The number of hydrogen-bond donors (Lipinski definition) is 3. The molecule has 11 heteroatoms. The molecule has 0 saturated carbocycles. The third kappa shape index (κ3) is 3.94. The summed E-state index contributed by atoms with van der Waals surface area (Å²) in [4.78, 5) is 39.2. The number of carbonyl (C=O) groups is 1. The largest absolute Gasteiger partial charge is 0.323 e. The summed E-state index contributed by atoms with van der Waals surface area (Å²) >= 11 is 0. The number of carbonyl (C=O) groups excluding carboxylic acids is 1. The van der Waals surface area contributed by atoms with Gasteiger partial charge in [-0.3, -0.25) is 9.59 Å². The van der Waals surface area contributed by atoms with Gasteiger partial charge in [-0.2, -0.15) is 14.5 Å². The number of nitrogens with zero attached hydrogens (tertiary/aromatic N) is 5. The summed E-state index contributed by atoms with van der Waals surface area (Å²) in [7, 11) is 0. The van der Waals surface area contributed by atoms with E-state index < -0.39 is 5.95 Å². The van der Waals surface area contributed by atoms with E-state index >= 15 is 0 Å². The molecule has 3 N–H and O–H groups in total. The Morgan fingerprint density at radius 3 is 2.78 bits per heavy atom. The first-order valence-electron chi connectivity index (χ1n) is 10.5. The van der Waals surface area contributed by atoms with E-state index in [9.17, 15) is 14.0 Å². The van der Waals surface area contributed by atoms with Gasteiger partial charge in [-0.1, -0.05) is 0 Å². The number of H-pyrrole nitrogens is 1. The number of aromatic amines is 1. The molecule has 164 valence electrons. The number of hydrogen-bond acceptors (Lipinski definition) is 8. The lowest BCUT2D eigenvalue weighted by Gasteiger charge is -2.25. The fourth-order valence-corrected chi connectivity index (χ4v) is 4.05. The fraction of sp³-hybridized carbons (Fsp3) is 0.333. The zero-order chi connectivity index (χ0) is 22.1. The molecule has 4 heterocycles. The van der Waals surface area contributed by atoms with E-state index in [-0.39, 0.29) is 23.5 Å². The van der Waals surface area contributed by atoms with Gasteiger partial charge in [-0.05, 0) is 56.8 Å². The Morgan fingerprint density at radius 1 is 1.16 bits per heavy atom. The summed E-state index contributed by atoms with van der Waals surface area (Å²) in [5.74, 6) is 0.268. The minimum absolute atomic E-state index is 0.185. The van der Waals surface area contributed by atoms with Crippen LogP contribution in [-0.4, -0.2) is 43.6 Å². The molecule has 10 nitrogen and oxygen atoms in total. The third-order valence-corrected chi connectivity index (χ3v) is 5.60. The fourth-order valence-electron chi connectivity index (χ4n) is 4.05. The summed E-state index contributed by atoms with van der Waals surface area (Å²) in [5.41, 5.74) is 1.87. The van der Waals surface area contributed by atoms with E-state index in [2.05, 4.69) is 35.8 Å². The van der Waals surface area contributed by atoms with Crippen molar-refractivity contribution in [3.8, 4) is 0 Å². The summed E-state index contributed by atoms with van der Waals surface area (Å²) in [6, 6.07) is 5.23. The Kier molecular flexibility index (Phi) is 5.31. The Labute approximate surface area is 182 Å². The number of aromatic nitrogens is 5. The number of amides is 1. The van der Waals surface area contributed by atoms with Gasteiger partial charge < -0.3 is 10.6 Å². The van der Waals surface area contributed by atoms with Gasteiger partial charge in [0, 0.05) is 11.6 Å². The monoisotopic (exact) mass is 436 g/mol. The van der Waals surface area contributed by atoms with Gasteiger partial charge in [0.2, 0.25) is 11.9 Å². The molecule has 3 aromatic heterocycles. The van der Waals surface area contributed by atoms with Crippen LogP contribution in [0.4, 0.5) is 27.7 Å². The van der Waals surface area contributed by atoms with Crippen molar-refractivity contribution in [1.29, 1.82) is 0 Å². The molecule has 2 aliphatic rings. The van der Waals surface area contributed by atoms with Crippen molar-refractivity contribution in [1.82, 2.24) is 30.5 Å². The lowest BCUT2D eigenvalue weighted by Crippen LogP contribution is -2.42. The maximum Gasteiger partial charge on any atom is 0.264 e. The topological polar surface area (TPSA) is 129 Å². The number of anilines is 4. The van der Waals surface area contributed by atoms with E-state index in [0.29, 0.717) is 23.7 Å². The van der Waals surface area contributed by atoms with E-state index in [1.807, 2.05) is 0 Å². The Hall–Kier alpha value is -3.73. The van der Waals surface area contributed by atoms with Crippen molar-refractivity contribution >= 4 is 29.2 Å². The summed E-state index contributed by atoms with van der Waals surface area (Å²) in [6.45, 7) is 0.752. The molecule has 1 aliphatic heterocycles. The second-order valence-corrected chi connectivity index (χ2v) is 7.74. The van der Waals surface area contributed by atoms with Gasteiger partial charge in [-0.25, -0.2) is 20.0 Å². The SMILES string of the molecule is O=C(C1CCCN1)N(c1ccc(F)nc1)c1nc2c(c(Nc3ccc(=O)[nH]n3)n1)CCC2. The van der Waals surface area contributed by atoms with Gasteiger partial charge in [-0.15, -0.1) is 0 Å². The highest BCUT2D eigenvalue weighted by atomic mass is 19.1. The quantitative estimate of drug-likeness (QED) is 0.516. The second kappa shape index (κ2) is 8.42. The number of rotatable bonds is 5. The predicted octanol–water partition coefficient (Wildman–Crippen LogP) is 1.74. The maximum atomic E-state index is 13.5. The molecule has 1 atom stereocenters. The Morgan fingerprint density at radius 2 is 2.06 bits per heavy atom. The van der Waals surface area contributed by atoms with E-state index in [1.54, 1.807) is 6.07 Å². The van der Waals surface area contributed by atoms with Crippen LogP contribution in [0.15, 0.2) is 35.3 Å². The van der Waals surface area contributed by atoms with Gasteiger partial charge in [0.05, 0.1) is 23.6 Å². The van der Waals surface area contributed by atoms with Crippen molar-refractivity contribution in [2.45, 2.75) is 38.1 Å². The molecule has 0 bridgehead atoms. The van der Waals surface area contributed by atoms with E-state index in [0.717, 1.165) is 43.5 Å². The first-order valence-corrected chi connectivity index (χ1v) is 10.5. The average Bonchev–Trinajstić information content (AvgIpc) is 3.49. The van der Waals surface area contributed by atoms with Gasteiger partial charge in [0.1, 0.15) is 5.82 Å². The van der Waals surface area contributed by atoms with Crippen LogP contribution in [-0.2, 0) is 17.6 Å². The normalized spacial score (nSPS) is 17.2. The van der Waals surface area contributed by atoms with Crippen LogP contribution in [0.3, 0.4) is 0 Å². The maximum absolute atomic E-state index is 13.5. The summed E-state index contributed by atoms with van der Waals surface area (Å²) in [6.07, 6.45) is 5.34. The summed E-state index contributed by atoms with van der Waals surface area (Å²) in [5, 5.41) is 12.7. The van der Waals surface area contributed by atoms with Crippen LogP contribution in [0.2, 0.25) is 0 Å². The molecule has 32 heavy (non-hydrogen) atoms. The van der Waals surface area contributed by atoms with Crippen molar-refractivity contribution in [3.05, 3.63) is 58.0 Å². The summed E-state index contributed by atoms with van der Waals surface area (Å²) < 4.78 is 13.5. The average molecular weight is 436 g/mol. The second-order valence-electron chi connectivity index (χ2n) is 7.74. The van der Waals surface area contributed by atoms with E-state index in [4.69, 9.17) is 0 Å². The van der Waals surface area contributed by atoms with Crippen LogP contribution < -0.4 is 21.1 Å². The van der Waals surface area contributed by atoms with Crippen LogP contribution in [0.5, 0.6) is 0 Å². The smallest absolute Gasteiger partial charge is 0.264 e. The minimum Gasteiger partial charge on any atom is -0.323 e. The standard InChI is InChI=1S/C21H21FN8O2/c22-16-7-6-12(11-24-16)30(20(32)15-5-2-10-23-15)21-25-14-4-1-3-13(14)19(27-21)26-17-8-9-18(31)29-28-17/h6-9,11,15,23H,1-5,10H2,(H,29,31)(H,25,26,27,28). The number of fused-ring (bicyclic) bond motifs is 1.